The Morgan fingerprint density at radius 1 is 0.778 bits per heavy atom. The smallest absolute Gasteiger partial charge is 0.119 e. The van der Waals surface area contributed by atoms with Crippen molar-refractivity contribution in [1.29, 1.82) is 0 Å². The first-order valence-electron chi connectivity index (χ1n) is 9.06. The van der Waals surface area contributed by atoms with Gasteiger partial charge in [0, 0.05) is 24.7 Å². The van der Waals surface area contributed by atoms with Gasteiger partial charge in [-0.1, -0.05) is 72.3 Å². The number of halogens is 1. The van der Waals surface area contributed by atoms with Gasteiger partial charge in [-0.2, -0.15) is 0 Å². The average molecular weight is 382 g/mol. The zero-order valence-electron chi connectivity index (χ0n) is 15.2. The lowest BCUT2D eigenvalue weighted by Gasteiger charge is -2.25. The summed E-state index contributed by atoms with van der Waals surface area (Å²) in [5, 5.41) is 11.2. The molecule has 1 N–H and O–H groups in total. The molecule has 4 heteroatoms. The highest BCUT2D eigenvalue weighted by atomic mass is 35.5. The summed E-state index contributed by atoms with van der Waals surface area (Å²) < 4.78 is 5.69. The van der Waals surface area contributed by atoms with Crippen LogP contribution in [0.3, 0.4) is 0 Å². The van der Waals surface area contributed by atoms with E-state index in [4.69, 9.17) is 16.3 Å². The SMILES string of the molecule is O[C@@H](COc1ccc(Cl)cc1)CN(Cc1ccccc1)Cc1ccccc1. The van der Waals surface area contributed by atoms with Crippen LogP contribution in [0, 0.1) is 0 Å². The Morgan fingerprint density at radius 2 is 1.30 bits per heavy atom. The van der Waals surface area contributed by atoms with E-state index in [1.807, 2.05) is 36.4 Å². The second-order valence-corrected chi connectivity index (χ2v) is 7.00. The topological polar surface area (TPSA) is 32.7 Å². The monoisotopic (exact) mass is 381 g/mol. The van der Waals surface area contributed by atoms with Crippen LogP contribution in [0.2, 0.25) is 5.02 Å². The Kier molecular flexibility index (Phi) is 7.28. The van der Waals surface area contributed by atoms with E-state index in [0.717, 1.165) is 13.1 Å². The van der Waals surface area contributed by atoms with E-state index in [9.17, 15) is 5.11 Å². The van der Waals surface area contributed by atoms with Gasteiger partial charge in [-0.25, -0.2) is 0 Å². The van der Waals surface area contributed by atoms with Crippen LogP contribution in [0.1, 0.15) is 11.1 Å². The molecule has 0 aliphatic rings. The molecule has 0 amide bonds. The van der Waals surface area contributed by atoms with Crippen LogP contribution in [-0.2, 0) is 13.1 Å². The Hall–Kier alpha value is -2.33. The molecular weight excluding hydrogens is 358 g/mol. The highest BCUT2D eigenvalue weighted by Crippen LogP contribution is 2.16. The lowest BCUT2D eigenvalue weighted by molar-refractivity contribution is 0.0628. The Morgan fingerprint density at radius 3 is 1.81 bits per heavy atom. The third kappa shape index (κ3) is 6.72. The fraction of sp³-hybridized carbons (Fsp3) is 0.217. The van der Waals surface area contributed by atoms with Gasteiger partial charge in [0.2, 0.25) is 0 Å². The molecule has 0 aliphatic heterocycles. The van der Waals surface area contributed by atoms with Gasteiger partial charge in [0.1, 0.15) is 18.5 Å². The van der Waals surface area contributed by atoms with Crippen molar-refractivity contribution in [3.63, 3.8) is 0 Å². The molecule has 3 nitrogen and oxygen atoms in total. The van der Waals surface area contributed by atoms with Crippen molar-refractivity contribution in [2.45, 2.75) is 19.2 Å². The number of aliphatic hydroxyl groups excluding tert-OH is 1. The van der Waals surface area contributed by atoms with Gasteiger partial charge < -0.3 is 9.84 Å². The van der Waals surface area contributed by atoms with Crippen LogP contribution < -0.4 is 4.74 Å². The van der Waals surface area contributed by atoms with E-state index >= 15 is 0 Å². The van der Waals surface area contributed by atoms with E-state index in [1.54, 1.807) is 24.3 Å². The number of nitrogens with zero attached hydrogens (tertiary/aromatic N) is 1. The largest absolute Gasteiger partial charge is 0.491 e. The molecule has 0 radical (unpaired) electrons. The fourth-order valence-corrected chi connectivity index (χ4v) is 3.07. The van der Waals surface area contributed by atoms with Crippen molar-refractivity contribution in [3.05, 3.63) is 101 Å². The normalized spacial score (nSPS) is 12.1. The Labute approximate surface area is 165 Å². The van der Waals surface area contributed by atoms with E-state index in [-0.39, 0.29) is 6.61 Å². The molecule has 0 bridgehead atoms. The van der Waals surface area contributed by atoms with Gasteiger partial charge in [-0.05, 0) is 35.4 Å². The zero-order valence-corrected chi connectivity index (χ0v) is 15.9. The second-order valence-electron chi connectivity index (χ2n) is 6.56. The molecule has 0 fully saturated rings. The molecule has 0 saturated heterocycles. The molecule has 0 aromatic heterocycles. The molecule has 3 rings (SSSR count). The molecule has 27 heavy (non-hydrogen) atoms. The van der Waals surface area contributed by atoms with E-state index < -0.39 is 6.10 Å². The molecule has 0 heterocycles. The first-order chi connectivity index (χ1) is 13.2. The fourth-order valence-electron chi connectivity index (χ4n) is 2.94. The van der Waals surface area contributed by atoms with Crippen molar-refractivity contribution < 1.29 is 9.84 Å². The Bertz CT molecular complexity index is 752. The number of aliphatic hydroxyl groups is 1. The summed E-state index contributed by atoms with van der Waals surface area (Å²) in [7, 11) is 0. The standard InChI is InChI=1S/C23H24ClNO2/c24-21-11-13-23(14-12-21)27-18-22(26)17-25(15-19-7-3-1-4-8-19)16-20-9-5-2-6-10-20/h1-14,22,26H,15-18H2/t22-/m1/s1. The van der Waals surface area contributed by atoms with E-state index in [0.29, 0.717) is 17.3 Å². The van der Waals surface area contributed by atoms with Crippen LogP contribution >= 0.6 is 11.6 Å². The van der Waals surface area contributed by atoms with Gasteiger partial charge in [0.25, 0.3) is 0 Å². The van der Waals surface area contributed by atoms with Gasteiger partial charge in [0.05, 0.1) is 0 Å². The van der Waals surface area contributed by atoms with Crippen LogP contribution in [0.25, 0.3) is 0 Å². The van der Waals surface area contributed by atoms with Crippen LogP contribution in [0.5, 0.6) is 5.75 Å². The maximum Gasteiger partial charge on any atom is 0.119 e. The maximum atomic E-state index is 10.5. The number of rotatable bonds is 9. The highest BCUT2D eigenvalue weighted by molar-refractivity contribution is 6.30. The lowest BCUT2D eigenvalue weighted by atomic mass is 10.1. The summed E-state index contributed by atoms with van der Waals surface area (Å²) >= 11 is 5.89. The average Bonchev–Trinajstić information content (AvgIpc) is 2.69. The number of benzene rings is 3. The first-order valence-corrected chi connectivity index (χ1v) is 9.43. The third-order valence-electron chi connectivity index (χ3n) is 4.22. The van der Waals surface area contributed by atoms with E-state index in [1.165, 1.54) is 11.1 Å². The van der Waals surface area contributed by atoms with Crippen molar-refractivity contribution in [2.75, 3.05) is 13.2 Å². The van der Waals surface area contributed by atoms with Crippen molar-refractivity contribution in [1.82, 2.24) is 4.90 Å². The summed E-state index contributed by atoms with van der Waals surface area (Å²) in [5.41, 5.74) is 2.44. The summed E-state index contributed by atoms with van der Waals surface area (Å²) in [6, 6.07) is 27.8. The lowest BCUT2D eigenvalue weighted by Crippen LogP contribution is -2.35. The summed E-state index contributed by atoms with van der Waals surface area (Å²) in [5.74, 6) is 0.705. The minimum absolute atomic E-state index is 0.238. The van der Waals surface area contributed by atoms with Crippen LogP contribution in [0.15, 0.2) is 84.9 Å². The van der Waals surface area contributed by atoms with Gasteiger partial charge in [-0.15, -0.1) is 0 Å². The Balaban J connectivity index is 1.59. The van der Waals surface area contributed by atoms with E-state index in [2.05, 4.69) is 29.2 Å². The summed E-state index contributed by atoms with van der Waals surface area (Å²) in [6.07, 6.45) is -0.590. The number of hydrogen-bond donors (Lipinski definition) is 1. The molecule has 3 aromatic rings. The maximum absolute atomic E-state index is 10.5. The molecule has 0 aliphatic carbocycles. The van der Waals surface area contributed by atoms with Gasteiger partial charge in [0.15, 0.2) is 0 Å². The molecule has 0 spiro atoms. The second kappa shape index (κ2) is 10.1. The minimum Gasteiger partial charge on any atom is -0.491 e. The first kappa shape index (κ1) is 19.4. The molecule has 0 unspecified atom stereocenters. The quantitative estimate of drug-likeness (QED) is 0.578. The van der Waals surface area contributed by atoms with Gasteiger partial charge in [-0.3, -0.25) is 4.90 Å². The number of ether oxygens (including phenoxy) is 1. The highest BCUT2D eigenvalue weighted by Gasteiger charge is 2.14. The van der Waals surface area contributed by atoms with Crippen molar-refractivity contribution in [2.24, 2.45) is 0 Å². The van der Waals surface area contributed by atoms with Gasteiger partial charge >= 0.3 is 0 Å². The third-order valence-corrected chi connectivity index (χ3v) is 4.47. The van der Waals surface area contributed by atoms with Crippen molar-refractivity contribution >= 4 is 11.6 Å². The molecule has 3 aromatic carbocycles. The molecule has 0 saturated carbocycles. The molecule has 1 atom stereocenters. The van der Waals surface area contributed by atoms with Crippen molar-refractivity contribution in [3.8, 4) is 5.75 Å². The summed E-state index contributed by atoms with van der Waals surface area (Å²) in [6.45, 7) is 2.31. The van der Waals surface area contributed by atoms with Crippen LogP contribution in [0.4, 0.5) is 0 Å². The predicted molar refractivity (Wildman–Crippen MR) is 110 cm³/mol. The summed E-state index contributed by atoms with van der Waals surface area (Å²) in [4.78, 5) is 2.24. The van der Waals surface area contributed by atoms with Crippen LogP contribution in [-0.4, -0.2) is 29.3 Å². The minimum atomic E-state index is -0.590. The predicted octanol–water partition coefficient (Wildman–Crippen LogP) is 4.78. The molecular formula is C23H24ClNO2. The molecule has 140 valence electrons. The zero-order chi connectivity index (χ0) is 18.9. The number of hydrogen-bond acceptors (Lipinski definition) is 3.